The lowest BCUT2D eigenvalue weighted by Crippen LogP contribution is -2.43. The summed E-state index contributed by atoms with van der Waals surface area (Å²) in [4.78, 5) is 33.9. The molecule has 0 unspecified atom stereocenters. The van der Waals surface area contributed by atoms with Crippen molar-refractivity contribution in [2.24, 2.45) is 11.7 Å². The van der Waals surface area contributed by atoms with Crippen molar-refractivity contribution in [3.8, 4) is 0 Å². The van der Waals surface area contributed by atoms with Gasteiger partial charge in [-0.1, -0.05) is 6.07 Å². The lowest BCUT2D eigenvalue weighted by Gasteiger charge is -2.15. The van der Waals surface area contributed by atoms with Crippen LogP contribution in [0, 0.1) is 5.92 Å². The molecule has 0 aliphatic heterocycles. The van der Waals surface area contributed by atoms with Gasteiger partial charge >= 0.3 is 6.03 Å². The molecule has 0 radical (unpaired) electrons. The number of imide groups is 1. The highest BCUT2D eigenvalue weighted by atomic mass is 16.2. The first-order valence-corrected chi connectivity index (χ1v) is 6.73. The Kier molecular flexibility index (Phi) is 4.42. The second-order valence-corrected chi connectivity index (χ2v) is 5.06. The predicted octanol–water partition coefficient (Wildman–Crippen LogP) is 1.03. The molecule has 1 saturated carbocycles. The van der Waals surface area contributed by atoms with E-state index in [0.717, 1.165) is 12.8 Å². The van der Waals surface area contributed by atoms with E-state index in [0.29, 0.717) is 11.4 Å². The van der Waals surface area contributed by atoms with Gasteiger partial charge in [0.15, 0.2) is 0 Å². The van der Waals surface area contributed by atoms with Gasteiger partial charge in [-0.25, -0.2) is 4.79 Å². The van der Waals surface area contributed by atoms with Crippen molar-refractivity contribution in [3.05, 3.63) is 24.3 Å². The molecule has 2 rings (SSSR count). The third kappa shape index (κ3) is 4.48. The van der Waals surface area contributed by atoms with Gasteiger partial charge in [0.25, 0.3) is 0 Å². The lowest BCUT2D eigenvalue weighted by atomic mass is 10.2. The van der Waals surface area contributed by atoms with Crippen molar-refractivity contribution < 1.29 is 14.4 Å². The third-order valence-electron chi connectivity index (χ3n) is 3.10. The van der Waals surface area contributed by atoms with Crippen molar-refractivity contribution in [2.75, 3.05) is 10.6 Å². The Bertz CT molecular complexity index is 569. The molecule has 1 fully saturated rings. The fourth-order valence-corrected chi connectivity index (χ4v) is 1.82. The van der Waals surface area contributed by atoms with Gasteiger partial charge in [0.2, 0.25) is 11.8 Å². The van der Waals surface area contributed by atoms with Gasteiger partial charge in [0, 0.05) is 17.3 Å². The zero-order chi connectivity index (χ0) is 15.4. The first-order valence-electron chi connectivity index (χ1n) is 6.73. The van der Waals surface area contributed by atoms with E-state index < -0.39 is 18.0 Å². The van der Waals surface area contributed by atoms with E-state index in [1.54, 1.807) is 31.2 Å². The van der Waals surface area contributed by atoms with Gasteiger partial charge < -0.3 is 16.4 Å². The number of amides is 4. The molecule has 0 aromatic heterocycles. The molecule has 1 aromatic carbocycles. The van der Waals surface area contributed by atoms with Gasteiger partial charge in [-0.05, 0) is 38.0 Å². The summed E-state index contributed by atoms with van der Waals surface area (Å²) in [5.74, 6) is -0.372. The first kappa shape index (κ1) is 14.8. The molecule has 0 saturated heterocycles. The average molecular weight is 290 g/mol. The van der Waals surface area contributed by atoms with Crippen LogP contribution in [0.15, 0.2) is 24.3 Å². The largest absolute Gasteiger partial charge is 0.374 e. The molecule has 1 aromatic rings. The number of benzene rings is 1. The van der Waals surface area contributed by atoms with E-state index in [2.05, 4.69) is 10.6 Å². The Hall–Kier alpha value is -2.57. The molecule has 4 amide bonds. The molecule has 0 heterocycles. The lowest BCUT2D eigenvalue weighted by molar-refractivity contribution is -0.120. The summed E-state index contributed by atoms with van der Waals surface area (Å²) in [5, 5.41) is 7.76. The zero-order valence-electron chi connectivity index (χ0n) is 11.7. The Morgan fingerprint density at radius 3 is 2.52 bits per heavy atom. The van der Waals surface area contributed by atoms with Crippen molar-refractivity contribution in [2.45, 2.75) is 25.8 Å². The number of nitrogens with two attached hydrogens (primary N) is 1. The molecule has 5 N–H and O–H groups in total. The second kappa shape index (κ2) is 6.25. The third-order valence-corrected chi connectivity index (χ3v) is 3.10. The maximum Gasteiger partial charge on any atom is 0.318 e. The molecule has 7 nitrogen and oxygen atoms in total. The van der Waals surface area contributed by atoms with Gasteiger partial charge in [-0.3, -0.25) is 14.9 Å². The van der Waals surface area contributed by atoms with E-state index >= 15 is 0 Å². The van der Waals surface area contributed by atoms with Crippen LogP contribution in [0.1, 0.15) is 19.8 Å². The SMILES string of the molecule is C[C@@H](Nc1cccc(NC(=O)C2CC2)c1)C(=O)NC(N)=O. The van der Waals surface area contributed by atoms with Crippen LogP contribution < -0.4 is 21.7 Å². The first-order chi connectivity index (χ1) is 9.95. The standard InChI is InChI=1S/C14H18N4O3/c1-8(12(19)18-14(15)21)16-10-3-2-4-11(7-10)17-13(20)9-5-6-9/h2-4,7-9,16H,5-6H2,1H3,(H,17,20)(H3,15,18,19,21)/t8-/m1/s1. The number of nitrogens with one attached hydrogen (secondary N) is 3. The minimum atomic E-state index is -0.890. The number of urea groups is 1. The Morgan fingerprint density at radius 1 is 1.24 bits per heavy atom. The van der Waals surface area contributed by atoms with E-state index in [-0.39, 0.29) is 11.8 Å². The van der Waals surface area contributed by atoms with Crippen LogP contribution in [-0.2, 0) is 9.59 Å². The molecule has 1 aliphatic carbocycles. The van der Waals surface area contributed by atoms with Crippen LogP contribution in [0.4, 0.5) is 16.2 Å². The summed E-state index contributed by atoms with van der Waals surface area (Å²) in [7, 11) is 0. The Labute approximate surface area is 122 Å². The highest BCUT2D eigenvalue weighted by Gasteiger charge is 2.29. The minimum absolute atomic E-state index is 0.0201. The van der Waals surface area contributed by atoms with Gasteiger partial charge in [0.1, 0.15) is 6.04 Å². The van der Waals surface area contributed by atoms with Gasteiger partial charge in [-0.15, -0.1) is 0 Å². The maximum absolute atomic E-state index is 11.7. The zero-order valence-corrected chi connectivity index (χ0v) is 11.7. The van der Waals surface area contributed by atoms with Crippen molar-refractivity contribution >= 4 is 29.2 Å². The molecule has 21 heavy (non-hydrogen) atoms. The predicted molar refractivity (Wildman–Crippen MR) is 78.6 cm³/mol. The van der Waals surface area contributed by atoms with Crippen LogP contribution in [0.25, 0.3) is 0 Å². The summed E-state index contributed by atoms with van der Waals surface area (Å²) in [6.07, 6.45) is 1.88. The van der Waals surface area contributed by atoms with Crippen LogP contribution in [0.5, 0.6) is 0 Å². The number of anilines is 2. The van der Waals surface area contributed by atoms with Crippen molar-refractivity contribution in [3.63, 3.8) is 0 Å². The van der Waals surface area contributed by atoms with Gasteiger partial charge in [-0.2, -0.15) is 0 Å². The fraction of sp³-hybridized carbons (Fsp3) is 0.357. The maximum atomic E-state index is 11.7. The highest BCUT2D eigenvalue weighted by molar-refractivity contribution is 5.97. The summed E-state index contributed by atoms with van der Waals surface area (Å²) >= 11 is 0. The summed E-state index contributed by atoms with van der Waals surface area (Å²) in [5.41, 5.74) is 6.22. The van der Waals surface area contributed by atoms with E-state index in [1.807, 2.05) is 5.32 Å². The number of rotatable bonds is 5. The summed E-state index contributed by atoms with van der Waals surface area (Å²) in [6.45, 7) is 1.60. The van der Waals surface area contributed by atoms with Gasteiger partial charge in [0.05, 0.1) is 0 Å². The molecular weight excluding hydrogens is 272 g/mol. The van der Waals surface area contributed by atoms with Crippen LogP contribution >= 0.6 is 0 Å². The number of primary amides is 1. The topological polar surface area (TPSA) is 113 Å². The van der Waals surface area contributed by atoms with Crippen LogP contribution in [-0.4, -0.2) is 23.9 Å². The molecule has 112 valence electrons. The van der Waals surface area contributed by atoms with E-state index in [1.165, 1.54) is 0 Å². The van der Waals surface area contributed by atoms with Crippen LogP contribution in [0.2, 0.25) is 0 Å². The monoisotopic (exact) mass is 290 g/mol. The summed E-state index contributed by atoms with van der Waals surface area (Å²) < 4.78 is 0. The number of carbonyl (C=O) groups is 3. The molecule has 0 spiro atoms. The highest BCUT2D eigenvalue weighted by Crippen LogP contribution is 2.30. The Balaban J connectivity index is 1.95. The number of carbonyl (C=O) groups excluding carboxylic acids is 3. The molecular formula is C14H18N4O3. The van der Waals surface area contributed by atoms with E-state index in [4.69, 9.17) is 5.73 Å². The second-order valence-electron chi connectivity index (χ2n) is 5.06. The smallest absolute Gasteiger partial charge is 0.318 e. The number of hydrogen-bond donors (Lipinski definition) is 4. The normalized spacial score (nSPS) is 14.9. The average Bonchev–Trinajstić information content (AvgIpc) is 3.22. The molecule has 7 heteroatoms. The minimum Gasteiger partial charge on any atom is -0.374 e. The Morgan fingerprint density at radius 2 is 1.90 bits per heavy atom. The fourth-order valence-electron chi connectivity index (χ4n) is 1.82. The quantitative estimate of drug-likeness (QED) is 0.648. The molecule has 1 atom stereocenters. The van der Waals surface area contributed by atoms with Crippen LogP contribution in [0.3, 0.4) is 0 Å². The number of hydrogen-bond acceptors (Lipinski definition) is 4. The molecule has 0 bridgehead atoms. The van der Waals surface area contributed by atoms with Crippen molar-refractivity contribution in [1.29, 1.82) is 0 Å². The van der Waals surface area contributed by atoms with E-state index in [9.17, 15) is 14.4 Å². The van der Waals surface area contributed by atoms with Crippen molar-refractivity contribution in [1.82, 2.24) is 5.32 Å². The summed E-state index contributed by atoms with van der Waals surface area (Å²) in [6, 6.07) is 5.52. The molecule has 1 aliphatic rings.